The first-order valence-corrected chi connectivity index (χ1v) is 17.9. The Bertz CT molecular complexity index is 1770. The lowest BCUT2D eigenvalue weighted by atomic mass is 9.93. The first kappa shape index (κ1) is 38.8. The fourth-order valence-electron chi connectivity index (χ4n) is 6.53. The van der Waals surface area contributed by atoms with Gasteiger partial charge in [-0.3, -0.25) is 9.69 Å². The molecule has 2 aliphatic rings. The summed E-state index contributed by atoms with van der Waals surface area (Å²) >= 11 is 0. The molecule has 1 aliphatic carbocycles. The van der Waals surface area contributed by atoms with Gasteiger partial charge in [0.25, 0.3) is 0 Å². The number of alkyl carbamates (subject to hydrolysis) is 1. The predicted molar refractivity (Wildman–Crippen MR) is 196 cm³/mol. The van der Waals surface area contributed by atoms with E-state index in [1.165, 1.54) is 11.8 Å². The number of hydrogen-bond donors (Lipinski definition) is 2. The van der Waals surface area contributed by atoms with Crippen molar-refractivity contribution in [3.05, 3.63) is 95.6 Å². The van der Waals surface area contributed by atoms with Crippen LogP contribution in [0.4, 0.5) is 9.59 Å². The number of nitrogens with one attached hydrogen (secondary N) is 2. The van der Waals surface area contributed by atoms with E-state index in [4.69, 9.17) is 18.9 Å². The van der Waals surface area contributed by atoms with Gasteiger partial charge in [-0.25, -0.2) is 19.2 Å². The first-order valence-electron chi connectivity index (χ1n) is 17.9. The molecule has 2 N–H and O–H groups in total. The minimum absolute atomic E-state index is 0.00571. The van der Waals surface area contributed by atoms with Crippen LogP contribution in [0.1, 0.15) is 83.9 Å². The van der Waals surface area contributed by atoms with E-state index >= 15 is 0 Å². The van der Waals surface area contributed by atoms with Crippen LogP contribution in [0.25, 0.3) is 11.1 Å². The smallest absolute Gasteiger partial charge is 0.413 e. The van der Waals surface area contributed by atoms with E-state index in [-0.39, 0.29) is 32.0 Å². The highest BCUT2D eigenvalue weighted by Crippen LogP contribution is 2.44. The largest absolute Gasteiger partial charge is 0.458 e. The molecule has 53 heavy (non-hydrogen) atoms. The number of cyclic esters (lactones) is 1. The lowest BCUT2D eigenvalue weighted by Crippen LogP contribution is -2.53. The number of esters is 2. The molecule has 4 atom stereocenters. The Morgan fingerprint density at radius 3 is 1.98 bits per heavy atom. The van der Waals surface area contributed by atoms with Crippen LogP contribution in [0.3, 0.4) is 0 Å². The van der Waals surface area contributed by atoms with Gasteiger partial charge in [-0.15, -0.1) is 0 Å². The van der Waals surface area contributed by atoms with Gasteiger partial charge in [0.2, 0.25) is 5.91 Å². The normalized spacial score (nSPS) is 17.9. The van der Waals surface area contributed by atoms with Crippen molar-refractivity contribution in [2.24, 2.45) is 5.41 Å². The van der Waals surface area contributed by atoms with Gasteiger partial charge in [-0.2, -0.15) is 0 Å². The number of hydrogen-bond acceptors (Lipinski definition) is 9. The van der Waals surface area contributed by atoms with Crippen LogP contribution < -0.4 is 10.6 Å². The Kier molecular flexibility index (Phi) is 11.8. The van der Waals surface area contributed by atoms with Crippen molar-refractivity contribution in [1.29, 1.82) is 0 Å². The molecule has 5 rings (SSSR count). The Hall–Kier alpha value is -5.39. The standard InChI is InChI=1S/C41H49N3O9/c1-25(35(46)53-41(5,6)7)42-34(45)32(43-38(48)50-24-31-29-19-13-11-17-27(29)28-18-12-14-20-30(28)31)21-22-33-36(47)52-37(40(2,3)4)44(33)39(49)51-23-26-15-9-8-10-16-26/h8-20,25,31-33,37H,21-24H2,1-7H3,(H,42,45)(H,43,48)/t25-,32-,33-,37-/m0/s1. The first-order chi connectivity index (χ1) is 25.0. The highest BCUT2D eigenvalue weighted by molar-refractivity contribution is 5.90. The molecule has 0 spiro atoms. The second kappa shape index (κ2) is 16.1. The molecule has 3 aromatic carbocycles. The van der Waals surface area contributed by atoms with Crippen LogP contribution in [0.5, 0.6) is 0 Å². The van der Waals surface area contributed by atoms with Gasteiger partial charge in [-0.05, 0) is 68.4 Å². The second-order valence-electron chi connectivity index (χ2n) is 15.5. The van der Waals surface area contributed by atoms with E-state index < -0.39 is 65.4 Å². The van der Waals surface area contributed by atoms with Gasteiger partial charge >= 0.3 is 24.1 Å². The summed E-state index contributed by atoms with van der Waals surface area (Å²) in [7, 11) is 0. The van der Waals surface area contributed by atoms with Crippen LogP contribution in [-0.4, -0.2) is 71.5 Å². The molecule has 0 saturated carbocycles. The van der Waals surface area contributed by atoms with E-state index in [1.54, 1.807) is 20.8 Å². The van der Waals surface area contributed by atoms with Gasteiger partial charge in [0, 0.05) is 11.3 Å². The maximum Gasteiger partial charge on any atom is 0.413 e. The highest BCUT2D eigenvalue weighted by Gasteiger charge is 2.51. The third-order valence-corrected chi connectivity index (χ3v) is 9.05. The fourth-order valence-corrected chi connectivity index (χ4v) is 6.53. The number of carbonyl (C=O) groups excluding carboxylic acids is 5. The molecule has 0 bridgehead atoms. The molecule has 1 saturated heterocycles. The summed E-state index contributed by atoms with van der Waals surface area (Å²) in [4.78, 5) is 68.0. The molecule has 3 amide bonds. The summed E-state index contributed by atoms with van der Waals surface area (Å²) in [5, 5.41) is 5.26. The summed E-state index contributed by atoms with van der Waals surface area (Å²) in [5.41, 5.74) is 3.47. The summed E-state index contributed by atoms with van der Waals surface area (Å²) in [6.07, 6.45) is -2.76. The monoisotopic (exact) mass is 727 g/mol. The van der Waals surface area contributed by atoms with Crippen LogP contribution in [0.2, 0.25) is 0 Å². The Balaban J connectivity index is 1.32. The van der Waals surface area contributed by atoms with Gasteiger partial charge in [0.1, 0.15) is 36.9 Å². The lowest BCUT2D eigenvalue weighted by Gasteiger charge is -2.33. The number of carbonyl (C=O) groups is 5. The number of fused-ring (bicyclic) bond motifs is 3. The topological polar surface area (TPSA) is 150 Å². The number of nitrogens with zero attached hydrogens (tertiary/aromatic N) is 1. The third kappa shape index (κ3) is 9.54. The van der Waals surface area contributed by atoms with Crippen molar-refractivity contribution in [2.75, 3.05) is 6.61 Å². The summed E-state index contributed by atoms with van der Waals surface area (Å²) in [6.45, 7) is 12.1. The SMILES string of the molecule is C[C@H](NC(=O)[C@H](CC[C@H]1C(=O)O[C@@H](C(C)(C)C)N1C(=O)OCc1ccccc1)NC(=O)OCC1c2ccccc2-c2ccccc21)C(=O)OC(C)(C)C. The average Bonchev–Trinajstić information content (AvgIpc) is 3.62. The van der Waals surface area contributed by atoms with E-state index in [2.05, 4.69) is 10.6 Å². The van der Waals surface area contributed by atoms with Crippen molar-refractivity contribution in [3.63, 3.8) is 0 Å². The van der Waals surface area contributed by atoms with Crippen LogP contribution in [-0.2, 0) is 39.9 Å². The fraction of sp³-hybridized carbons (Fsp3) is 0.439. The lowest BCUT2D eigenvalue weighted by molar-refractivity contribution is -0.158. The molecule has 3 aromatic rings. The second-order valence-corrected chi connectivity index (χ2v) is 15.5. The van der Waals surface area contributed by atoms with Gasteiger partial charge in [0.05, 0.1) is 0 Å². The summed E-state index contributed by atoms with van der Waals surface area (Å²) < 4.78 is 22.5. The van der Waals surface area contributed by atoms with E-state index in [9.17, 15) is 24.0 Å². The molecule has 0 radical (unpaired) electrons. The number of benzene rings is 3. The van der Waals surface area contributed by atoms with Gasteiger partial charge in [0.15, 0.2) is 6.23 Å². The summed E-state index contributed by atoms with van der Waals surface area (Å²) in [6, 6.07) is 21.5. The number of amides is 3. The maximum absolute atomic E-state index is 13.7. The molecular formula is C41H49N3O9. The minimum Gasteiger partial charge on any atom is -0.458 e. The van der Waals surface area contributed by atoms with Crippen molar-refractivity contribution in [1.82, 2.24) is 15.5 Å². The maximum atomic E-state index is 13.7. The summed E-state index contributed by atoms with van der Waals surface area (Å²) in [5.74, 6) is -2.24. The van der Waals surface area contributed by atoms with Gasteiger partial charge in [-0.1, -0.05) is 99.6 Å². The highest BCUT2D eigenvalue weighted by atomic mass is 16.6. The molecule has 0 aromatic heterocycles. The zero-order valence-corrected chi connectivity index (χ0v) is 31.3. The molecule has 1 fully saturated rings. The predicted octanol–water partition coefficient (Wildman–Crippen LogP) is 6.46. The average molecular weight is 728 g/mol. The molecule has 1 aliphatic heterocycles. The minimum atomic E-state index is -1.26. The molecular weight excluding hydrogens is 678 g/mol. The van der Waals surface area contributed by atoms with Crippen LogP contribution in [0.15, 0.2) is 78.9 Å². The van der Waals surface area contributed by atoms with Crippen LogP contribution in [0, 0.1) is 5.41 Å². The van der Waals surface area contributed by atoms with Crippen molar-refractivity contribution in [2.45, 2.75) is 104 Å². The Morgan fingerprint density at radius 1 is 0.811 bits per heavy atom. The van der Waals surface area contributed by atoms with Gasteiger partial charge < -0.3 is 29.6 Å². The Morgan fingerprint density at radius 2 is 1.40 bits per heavy atom. The van der Waals surface area contributed by atoms with E-state index in [0.717, 1.165) is 27.8 Å². The van der Waals surface area contributed by atoms with E-state index in [1.807, 2.05) is 99.6 Å². The molecule has 12 nitrogen and oxygen atoms in total. The van der Waals surface area contributed by atoms with Crippen molar-refractivity contribution < 1.29 is 42.9 Å². The van der Waals surface area contributed by atoms with Crippen LogP contribution >= 0.6 is 0 Å². The molecule has 0 unspecified atom stereocenters. The number of ether oxygens (including phenoxy) is 4. The molecule has 282 valence electrons. The molecule has 1 heterocycles. The zero-order chi connectivity index (χ0) is 38.5. The Labute approximate surface area is 310 Å². The van der Waals surface area contributed by atoms with E-state index in [0.29, 0.717) is 0 Å². The third-order valence-electron chi connectivity index (χ3n) is 9.05. The van der Waals surface area contributed by atoms with Crippen molar-refractivity contribution in [3.8, 4) is 11.1 Å². The quantitative estimate of drug-likeness (QED) is 0.168. The molecule has 12 heteroatoms. The van der Waals surface area contributed by atoms with Crippen molar-refractivity contribution >= 4 is 30.0 Å². The zero-order valence-electron chi connectivity index (χ0n) is 31.3. The number of rotatable bonds is 11.